The number of hydrogen-bond acceptors (Lipinski definition) is 2. The van der Waals surface area contributed by atoms with E-state index in [0.29, 0.717) is 6.54 Å². The fraction of sp³-hybridized carbons (Fsp3) is 0.846. The summed E-state index contributed by atoms with van der Waals surface area (Å²) in [6.45, 7) is 14.8. The topological polar surface area (TPSA) is 6.48 Å². The average molecular weight is 373 g/mol. The van der Waals surface area contributed by atoms with Crippen molar-refractivity contribution in [3.8, 4) is 0 Å². The minimum Gasteiger partial charge on any atom is -0.362 e. The van der Waals surface area contributed by atoms with Crippen LogP contribution in [0.25, 0.3) is 0 Å². The minimum atomic E-state index is -0.680. The number of likely N-dealkylation sites (tertiary alicyclic amines) is 1. The van der Waals surface area contributed by atoms with Crippen LogP contribution in [-0.4, -0.2) is 55.2 Å². The van der Waals surface area contributed by atoms with E-state index in [4.69, 9.17) is 0 Å². The maximum Gasteiger partial charge on any atom is 0.117 e. The zero-order valence-electron chi connectivity index (χ0n) is 11.0. The molecule has 100 valence electrons. The number of hydrogen-bond donors (Lipinski definition) is 0. The molecular formula is C13H25FN2Nd-2. The maximum absolute atomic E-state index is 13.9. The molecule has 2 nitrogen and oxygen atoms in total. The summed E-state index contributed by atoms with van der Waals surface area (Å²) in [6, 6.07) is 0. The van der Waals surface area contributed by atoms with E-state index in [0.717, 1.165) is 45.6 Å². The van der Waals surface area contributed by atoms with Gasteiger partial charge in [-0.25, -0.2) is 4.39 Å². The van der Waals surface area contributed by atoms with E-state index in [1.54, 1.807) is 0 Å². The van der Waals surface area contributed by atoms with Gasteiger partial charge >= 0.3 is 0 Å². The van der Waals surface area contributed by atoms with Gasteiger partial charge in [0, 0.05) is 53.3 Å². The summed E-state index contributed by atoms with van der Waals surface area (Å²) in [5.74, 6) is 0.177. The first-order valence-corrected chi connectivity index (χ1v) is 6.38. The summed E-state index contributed by atoms with van der Waals surface area (Å²) in [5, 5.41) is 0. The molecule has 17 heavy (non-hydrogen) atoms. The Balaban J connectivity index is 0.00000256. The Morgan fingerprint density at radius 3 is 2.47 bits per heavy atom. The first-order valence-electron chi connectivity index (χ1n) is 6.38. The Hall–Kier alpha value is 1.20. The average Bonchev–Trinajstić information content (AvgIpc) is 2.29. The number of piperidine rings is 1. The molecule has 0 aromatic rings. The first kappa shape index (κ1) is 18.2. The smallest absolute Gasteiger partial charge is 0.117 e. The van der Waals surface area contributed by atoms with Gasteiger partial charge in [-0.1, -0.05) is 6.92 Å². The molecule has 1 rings (SSSR count). The van der Waals surface area contributed by atoms with E-state index in [1.165, 1.54) is 0 Å². The second-order valence-corrected chi connectivity index (χ2v) is 4.67. The van der Waals surface area contributed by atoms with Gasteiger partial charge in [0.25, 0.3) is 0 Å². The van der Waals surface area contributed by atoms with Gasteiger partial charge in [-0.05, 0) is 32.5 Å². The van der Waals surface area contributed by atoms with Crippen LogP contribution in [0.5, 0.6) is 0 Å². The predicted octanol–water partition coefficient (Wildman–Crippen LogP) is 2.03. The second kappa shape index (κ2) is 10.0. The SMILES string of the molecule is [CH2-]CN(C[CH2-])C[C@@H]1CCN(CCC)C[C@@H]1F.[Nd]. The monoisotopic (exact) mass is 370 g/mol. The molecule has 0 bridgehead atoms. The zero-order valence-corrected chi connectivity index (χ0v) is 14.2. The summed E-state index contributed by atoms with van der Waals surface area (Å²) < 4.78 is 13.9. The van der Waals surface area contributed by atoms with Crippen LogP contribution in [0.1, 0.15) is 19.8 Å². The van der Waals surface area contributed by atoms with E-state index < -0.39 is 6.17 Å². The van der Waals surface area contributed by atoms with Crippen LogP contribution < -0.4 is 0 Å². The van der Waals surface area contributed by atoms with E-state index in [-0.39, 0.29) is 46.8 Å². The quantitative estimate of drug-likeness (QED) is 0.658. The van der Waals surface area contributed by atoms with Gasteiger partial charge in [-0.15, -0.1) is 13.1 Å². The predicted molar refractivity (Wildman–Crippen MR) is 66.9 cm³/mol. The summed E-state index contributed by atoms with van der Waals surface area (Å²) >= 11 is 0. The maximum atomic E-state index is 13.9. The standard InChI is InChI=1S/C13H25FN2.Nd/c1-4-8-16-9-7-12(13(14)11-16)10-15(5-2)6-3;/h12-13H,2-11H2,1H3;/q-2;/t12-,13-;/m0./s1. The van der Waals surface area contributed by atoms with Crippen molar-refractivity contribution in [1.29, 1.82) is 0 Å². The van der Waals surface area contributed by atoms with Gasteiger partial charge in [0.1, 0.15) is 6.17 Å². The number of alkyl halides is 1. The van der Waals surface area contributed by atoms with Crippen molar-refractivity contribution >= 4 is 0 Å². The molecule has 1 heterocycles. The molecular weight excluding hydrogens is 347 g/mol. The van der Waals surface area contributed by atoms with Crippen LogP contribution in [0.3, 0.4) is 0 Å². The molecule has 0 saturated carbocycles. The number of halogens is 1. The molecule has 0 radical (unpaired) electrons. The molecule has 0 amide bonds. The van der Waals surface area contributed by atoms with Crippen molar-refractivity contribution in [2.24, 2.45) is 5.92 Å². The summed E-state index contributed by atoms with van der Waals surface area (Å²) in [7, 11) is 0. The third-order valence-electron chi connectivity index (χ3n) is 3.43. The summed E-state index contributed by atoms with van der Waals surface area (Å²) in [4.78, 5) is 4.35. The minimum absolute atomic E-state index is 0. The molecule has 1 fully saturated rings. The van der Waals surface area contributed by atoms with Crippen molar-refractivity contribution in [2.75, 3.05) is 39.3 Å². The van der Waals surface area contributed by atoms with Crippen molar-refractivity contribution in [2.45, 2.75) is 25.9 Å². The molecule has 1 saturated heterocycles. The van der Waals surface area contributed by atoms with E-state index in [9.17, 15) is 4.39 Å². The largest absolute Gasteiger partial charge is 0.362 e. The molecule has 0 N–H and O–H groups in total. The van der Waals surface area contributed by atoms with Crippen LogP contribution >= 0.6 is 0 Å². The Labute approximate surface area is 139 Å². The van der Waals surface area contributed by atoms with Gasteiger partial charge < -0.3 is 23.6 Å². The normalized spacial score (nSPS) is 25.9. The van der Waals surface area contributed by atoms with Gasteiger partial charge in [0.15, 0.2) is 0 Å². The molecule has 0 aromatic carbocycles. The van der Waals surface area contributed by atoms with Crippen molar-refractivity contribution < 1.29 is 45.2 Å². The summed E-state index contributed by atoms with van der Waals surface area (Å²) in [5.41, 5.74) is 0. The van der Waals surface area contributed by atoms with E-state index >= 15 is 0 Å². The molecule has 1 aliphatic rings. The van der Waals surface area contributed by atoms with Crippen LogP contribution in [0.15, 0.2) is 0 Å². The van der Waals surface area contributed by atoms with Crippen LogP contribution in [0.4, 0.5) is 4.39 Å². The van der Waals surface area contributed by atoms with Gasteiger partial charge in [0.05, 0.1) is 0 Å². The Bertz CT molecular complexity index is 188. The fourth-order valence-corrected chi connectivity index (χ4v) is 2.37. The van der Waals surface area contributed by atoms with Crippen LogP contribution in [0, 0.1) is 60.6 Å². The second-order valence-electron chi connectivity index (χ2n) is 4.67. The number of rotatable bonds is 6. The molecule has 0 aromatic heterocycles. The third-order valence-corrected chi connectivity index (χ3v) is 3.43. The first-order chi connectivity index (χ1) is 7.71. The molecule has 0 aliphatic carbocycles. The molecule has 4 heteroatoms. The summed E-state index contributed by atoms with van der Waals surface area (Å²) in [6.07, 6.45) is 1.40. The van der Waals surface area contributed by atoms with Gasteiger partial charge in [0.2, 0.25) is 0 Å². The van der Waals surface area contributed by atoms with Gasteiger partial charge in [-0.2, -0.15) is 0 Å². The fourth-order valence-electron chi connectivity index (χ4n) is 2.37. The zero-order chi connectivity index (χ0) is 12.0. The molecule has 2 atom stereocenters. The third kappa shape index (κ3) is 6.26. The van der Waals surface area contributed by atoms with Crippen molar-refractivity contribution in [1.82, 2.24) is 9.80 Å². The molecule has 1 aliphatic heterocycles. The Kier molecular flexibility index (Phi) is 10.8. The molecule has 0 unspecified atom stereocenters. The van der Waals surface area contributed by atoms with Crippen LogP contribution in [-0.2, 0) is 0 Å². The Morgan fingerprint density at radius 2 is 2.00 bits per heavy atom. The number of nitrogens with zero attached hydrogens (tertiary/aromatic N) is 2. The Morgan fingerprint density at radius 1 is 1.35 bits per heavy atom. The van der Waals surface area contributed by atoms with Crippen molar-refractivity contribution in [3.05, 3.63) is 13.8 Å². The van der Waals surface area contributed by atoms with E-state index in [2.05, 4.69) is 30.6 Å². The van der Waals surface area contributed by atoms with E-state index in [1.807, 2.05) is 0 Å². The van der Waals surface area contributed by atoms with Crippen molar-refractivity contribution in [3.63, 3.8) is 0 Å². The molecule has 0 spiro atoms. The van der Waals surface area contributed by atoms with Crippen LogP contribution in [0.2, 0.25) is 0 Å². The van der Waals surface area contributed by atoms with Gasteiger partial charge in [-0.3, -0.25) is 0 Å².